The molecular formula is C12H20N2O. The molecule has 0 spiro atoms. The molecule has 0 bridgehead atoms. The van der Waals surface area contributed by atoms with Crippen LogP contribution in [-0.4, -0.2) is 25.0 Å². The summed E-state index contributed by atoms with van der Waals surface area (Å²) in [6, 6.07) is 0.0526. The first kappa shape index (κ1) is 10.7. The highest BCUT2D eigenvalue weighted by Gasteiger charge is 2.42. The SMILES string of the molecule is C=C(C)CNC(=O)C1NCC2CCCC21. The highest BCUT2D eigenvalue weighted by atomic mass is 16.2. The van der Waals surface area contributed by atoms with Gasteiger partial charge in [0, 0.05) is 6.54 Å². The van der Waals surface area contributed by atoms with Gasteiger partial charge in [-0.05, 0) is 38.1 Å². The van der Waals surface area contributed by atoms with Gasteiger partial charge in [0.15, 0.2) is 0 Å². The van der Waals surface area contributed by atoms with Crippen molar-refractivity contribution in [3.63, 3.8) is 0 Å². The summed E-state index contributed by atoms with van der Waals surface area (Å²) >= 11 is 0. The van der Waals surface area contributed by atoms with Crippen LogP contribution >= 0.6 is 0 Å². The van der Waals surface area contributed by atoms with Crippen molar-refractivity contribution in [1.82, 2.24) is 10.6 Å². The summed E-state index contributed by atoms with van der Waals surface area (Å²) in [5.41, 5.74) is 1.00. The second kappa shape index (κ2) is 4.35. The second-order valence-corrected chi connectivity index (χ2v) is 4.92. The molecule has 2 N–H and O–H groups in total. The number of hydrogen-bond acceptors (Lipinski definition) is 2. The number of carbonyl (C=O) groups is 1. The topological polar surface area (TPSA) is 41.1 Å². The van der Waals surface area contributed by atoms with Gasteiger partial charge in [-0.15, -0.1) is 0 Å². The quantitative estimate of drug-likeness (QED) is 0.681. The van der Waals surface area contributed by atoms with Gasteiger partial charge in [0.1, 0.15) is 0 Å². The van der Waals surface area contributed by atoms with Crippen molar-refractivity contribution in [2.24, 2.45) is 11.8 Å². The lowest BCUT2D eigenvalue weighted by Crippen LogP contribution is -2.44. The van der Waals surface area contributed by atoms with E-state index in [1.165, 1.54) is 19.3 Å². The first-order valence-corrected chi connectivity index (χ1v) is 5.84. The van der Waals surface area contributed by atoms with E-state index in [2.05, 4.69) is 17.2 Å². The second-order valence-electron chi connectivity index (χ2n) is 4.92. The van der Waals surface area contributed by atoms with E-state index in [0.29, 0.717) is 12.5 Å². The molecule has 0 aromatic carbocycles. The fourth-order valence-electron chi connectivity index (χ4n) is 2.82. The third kappa shape index (κ3) is 2.23. The van der Waals surface area contributed by atoms with E-state index in [0.717, 1.165) is 18.0 Å². The van der Waals surface area contributed by atoms with Gasteiger partial charge < -0.3 is 10.6 Å². The molecule has 1 aliphatic carbocycles. The Morgan fingerprint density at radius 1 is 1.53 bits per heavy atom. The molecule has 2 fully saturated rings. The van der Waals surface area contributed by atoms with Crippen molar-refractivity contribution in [2.45, 2.75) is 32.2 Å². The van der Waals surface area contributed by atoms with Crippen LogP contribution in [0.2, 0.25) is 0 Å². The summed E-state index contributed by atoms with van der Waals surface area (Å²) in [5, 5.41) is 6.28. The summed E-state index contributed by atoms with van der Waals surface area (Å²) in [5.74, 6) is 1.48. The highest BCUT2D eigenvalue weighted by molar-refractivity contribution is 5.82. The molecule has 0 radical (unpaired) electrons. The van der Waals surface area contributed by atoms with E-state index in [-0.39, 0.29) is 11.9 Å². The standard InChI is InChI=1S/C12H20N2O/c1-8(2)6-14-12(15)11-10-5-3-4-9(10)7-13-11/h9-11,13H,1,3-7H2,2H3,(H,14,15). The molecule has 0 aromatic rings. The Bertz CT molecular complexity index is 275. The molecule has 1 aliphatic heterocycles. The summed E-state index contributed by atoms with van der Waals surface area (Å²) in [4.78, 5) is 11.9. The van der Waals surface area contributed by atoms with Gasteiger partial charge in [0.25, 0.3) is 0 Å². The molecule has 1 saturated heterocycles. The molecule has 84 valence electrons. The van der Waals surface area contributed by atoms with Crippen molar-refractivity contribution in [3.05, 3.63) is 12.2 Å². The van der Waals surface area contributed by atoms with Crippen LogP contribution in [0.25, 0.3) is 0 Å². The third-order valence-electron chi connectivity index (χ3n) is 3.59. The van der Waals surface area contributed by atoms with Crippen LogP contribution in [0.1, 0.15) is 26.2 Å². The van der Waals surface area contributed by atoms with Crippen LogP contribution in [0.5, 0.6) is 0 Å². The van der Waals surface area contributed by atoms with E-state index in [1.807, 2.05) is 6.92 Å². The number of fused-ring (bicyclic) bond motifs is 1. The molecule has 3 nitrogen and oxygen atoms in total. The Hall–Kier alpha value is -0.830. The number of carbonyl (C=O) groups excluding carboxylic acids is 1. The van der Waals surface area contributed by atoms with Gasteiger partial charge in [-0.2, -0.15) is 0 Å². The van der Waals surface area contributed by atoms with Crippen LogP contribution < -0.4 is 10.6 Å². The summed E-state index contributed by atoms with van der Waals surface area (Å²) < 4.78 is 0. The van der Waals surface area contributed by atoms with E-state index in [4.69, 9.17) is 0 Å². The Morgan fingerprint density at radius 2 is 2.33 bits per heavy atom. The van der Waals surface area contributed by atoms with Crippen LogP contribution in [0.4, 0.5) is 0 Å². The normalized spacial score (nSPS) is 33.8. The van der Waals surface area contributed by atoms with Gasteiger partial charge in [-0.3, -0.25) is 4.79 Å². The van der Waals surface area contributed by atoms with Gasteiger partial charge >= 0.3 is 0 Å². The predicted molar refractivity (Wildman–Crippen MR) is 60.4 cm³/mol. The Kier molecular flexibility index (Phi) is 3.10. The van der Waals surface area contributed by atoms with E-state index >= 15 is 0 Å². The zero-order chi connectivity index (χ0) is 10.8. The lowest BCUT2D eigenvalue weighted by atomic mass is 9.93. The molecule has 1 amide bonds. The van der Waals surface area contributed by atoms with E-state index in [9.17, 15) is 4.79 Å². The summed E-state index contributed by atoms with van der Waals surface area (Å²) in [7, 11) is 0. The first-order valence-electron chi connectivity index (χ1n) is 5.84. The average Bonchev–Trinajstić information content (AvgIpc) is 2.74. The largest absolute Gasteiger partial charge is 0.351 e. The van der Waals surface area contributed by atoms with Crippen molar-refractivity contribution in [1.29, 1.82) is 0 Å². The molecule has 3 heteroatoms. The van der Waals surface area contributed by atoms with Gasteiger partial charge in [0.2, 0.25) is 5.91 Å². The number of rotatable bonds is 3. The van der Waals surface area contributed by atoms with Crippen molar-refractivity contribution in [2.75, 3.05) is 13.1 Å². The maximum absolute atomic E-state index is 11.9. The van der Waals surface area contributed by atoms with Crippen LogP contribution in [0.3, 0.4) is 0 Å². The zero-order valence-corrected chi connectivity index (χ0v) is 9.38. The van der Waals surface area contributed by atoms with Crippen LogP contribution in [0.15, 0.2) is 12.2 Å². The number of amides is 1. The minimum absolute atomic E-state index is 0.0526. The molecule has 2 rings (SSSR count). The number of hydrogen-bond donors (Lipinski definition) is 2. The maximum Gasteiger partial charge on any atom is 0.237 e. The highest BCUT2D eigenvalue weighted by Crippen LogP contribution is 2.37. The summed E-state index contributed by atoms with van der Waals surface area (Å²) in [6.45, 7) is 7.35. The predicted octanol–water partition coefficient (Wildman–Crippen LogP) is 1.07. The fourth-order valence-corrected chi connectivity index (χ4v) is 2.82. The third-order valence-corrected chi connectivity index (χ3v) is 3.59. The molecule has 1 heterocycles. The van der Waals surface area contributed by atoms with Crippen molar-refractivity contribution < 1.29 is 4.79 Å². The lowest BCUT2D eigenvalue weighted by molar-refractivity contribution is -0.123. The molecule has 3 unspecified atom stereocenters. The van der Waals surface area contributed by atoms with Crippen molar-refractivity contribution >= 4 is 5.91 Å². The Balaban J connectivity index is 1.87. The van der Waals surface area contributed by atoms with Gasteiger partial charge in [-0.25, -0.2) is 0 Å². The maximum atomic E-state index is 11.9. The first-order chi connectivity index (χ1) is 7.18. The Morgan fingerprint density at radius 3 is 3.07 bits per heavy atom. The monoisotopic (exact) mass is 208 g/mol. The van der Waals surface area contributed by atoms with Gasteiger partial charge in [-0.1, -0.05) is 18.6 Å². The smallest absolute Gasteiger partial charge is 0.237 e. The molecule has 3 atom stereocenters. The van der Waals surface area contributed by atoms with Crippen LogP contribution in [-0.2, 0) is 4.79 Å². The lowest BCUT2D eigenvalue weighted by Gasteiger charge is -2.17. The molecule has 0 aromatic heterocycles. The van der Waals surface area contributed by atoms with Crippen LogP contribution in [0, 0.1) is 11.8 Å². The van der Waals surface area contributed by atoms with E-state index < -0.39 is 0 Å². The molecule has 2 aliphatic rings. The fraction of sp³-hybridized carbons (Fsp3) is 0.750. The molecule has 15 heavy (non-hydrogen) atoms. The van der Waals surface area contributed by atoms with Gasteiger partial charge in [0.05, 0.1) is 6.04 Å². The Labute approximate surface area is 91.3 Å². The minimum Gasteiger partial charge on any atom is -0.351 e. The number of nitrogens with one attached hydrogen (secondary N) is 2. The molecule has 1 saturated carbocycles. The zero-order valence-electron chi connectivity index (χ0n) is 9.38. The van der Waals surface area contributed by atoms with Crippen molar-refractivity contribution in [3.8, 4) is 0 Å². The van der Waals surface area contributed by atoms with E-state index in [1.54, 1.807) is 0 Å². The molecular weight excluding hydrogens is 188 g/mol. The summed E-state index contributed by atoms with van der Waals surface area (Å²) in [6.07, 6.45) is 3.80. The average molecular weight is 208 g/mol. The minimum atomic E-state index is 0.0526.